The molecule has 7 heteroatoms. The van der Waals surface area contributed by atoms with Crippen LogP contribution in [-0.4, -0.2) is 44.5 Å². The van der Waals surface area contributed by atoms with Gasteiger partial charge in [0.25, 0.3) is 0 Å². The molecule has 0 aromatic heterocycles. The largest absolute Gasteiger partial charge is 0.460 e. The second kappa shape index (κ2) is 7.43. The zero-order valence-electron chi connectivity index (χ0n) is 16.9. The van der Waals surface area contributed by atoms with Crippen molar-refractivity contribution in [1.82, 2.24) is 4.90 Å². The summed E-state index contributed by atoms with van der Waals surface area (Å²) >= 11 is 1.54. The number of amides is 1. The second-order valence-corrected chi connectivity index (χ2v) is 10.5. The lowest BCUT2D eigenvalue weighted by Gasteiger charge is -2.43. The Kier molecular flexibility index (Phi) is 5.49. The molecule has 0 bridgehead atoms. The first kappa shape index (κ1) is 20.7. The van der Waals surface area contributed by atoms with E-state index >= 15 is 0 Å². The van der Waals surface area contributed by atoms with Crippen LogP contribution < -0.4 is 0 Å². The van der Waals surface area contributed by atoms with Gasteiger partial charge in [0.2, 0.25) is 5.91 Å². The average Bonchev–Trinajstić information content (AvgIpc) is 2.85. The number of β-lactam (4-membered cyclic amide) rings is 1. The molecule has 0 unspecified atom stereocenters. The molecule has 6 nitrogen and oxygen atoms in total. The van der Waals surface area contributed by atoms with E-state index in [2.05, 4.69) is 0 Å². The Labute approximate surface area is 169 Å². The molecule has 0 radical (unpaired) electrons. The van der Waals surface area contributed by atoms with E-state index in [1.165, 1.54) is 0 Å². The summed E-state index contributed by atoms with van der Waals surface area (Å²) in [5.74, 6) is -1.44. The number of benzene rings is 1. The Morgan fingerprint density at radius 2 is 1.82 bits per heavy atom. The minimum absolute atomic E-state index is 0.0339. The van der Waals surface area contributed by atoms with E-state index in [1.807, 2.05) is 44.2 Å². The number of carbonyl (C=O) groups is 3. The first-order valence-corrected chi connectivity index (χ1v) is 10.3. The summed E-state index contributed by atoms with van der Waals surface area (Å²) in [4.78, 5) is 39.2. The van der Waals surface area contributed by atoms with Crippen LogP contribution >= 0.6 is 11.8 Å². The van der Waals surface area contributed by atoms with Gasteiger partial charge >= 0.3 is 11.9 Å². The van der Waals surface area contributed by atoms with Crippen LogP contribution in [0.2, 0.25) is 0 Å². The fourth-order valence-electron chi connectivity index (χ4n) is 3.63. The number of hydrogen-bond acceptors (Lipinski definition) is 6. The zero-order chi connectivity index (χ0) is 20.7. The lowest BCUT2D eigenvalue weighted by atomic mass is 9.89. The molecule has 2 aliphatic rings. The number of thioether (sulfide) groups is 1. The van der Waals surface area contributed by atoms with E-state index in [1.54, 1.807) is 37.4 Å². The number of carbonyl (C=O) groups excluding carboxylic acids is 3. The highest BCUT2D eigenvalue weighted by molar-refractivity contribution is 8.01. The standard InChI is InChI=1S/C21H27NO5S/c1-20(2,3)27-15(23)11-14-17(24)22-16(21(4,5)28-18(14)22)19(25)26-12-13-9-7-6-8-10-13/h6-10,14,16,18H,11-12H2,1-5H3/t14-,16+,18-/m1/s1. The van der Waals surface area contributed by atoms with Crippen LogP contribution in [0.25, 0.3) is 0 Å². The van der Waals surface area contributed by atoms with Crippen molar-refractivity contribution >= 4 is 29.6 Å². The summed E-state index contributed by atoms with van der Waals surface area (Å²) in [6.45, 7) is 9.43. The van der Waals surface area contributed by atoms with E-state index < -0.39 is 28.3 Å². The summed E-state index contributed by atoms with van der Waals surface area (Å²) in [5, 5.41) is -0.204. The lowest BCUT2D eigenvalue weighted by molar-refractivity contribution is -0.171. The minimum Gasteiger partial charge on any atom is -0.460 e. The summed E-state index contributed by atoms with van der Waals surface area (Å²) in [6.07, 6.45) is 0.0339. The normalized spacial score (nSPS) is 25.7. The van der Waals surface area contributed by atoms with Crippen molar-refractivity contribution in [2.75, 3.05) is 0 Å². The van der Waals surface area contributed by atoms with Crippen molar-refractivity contribution < 1.29 is 23.9 Å². The summed E-state index contributed by atoms with van der Waals surface area (Å²) in [5.41, 5.74) is 0.309. The van der Waals surface area contributed by atoms with Crippen LogP contribution in [-0.2, 0) is 30.5 Å². The Morgan fingerprint density at radius 3 is 2.43 bits per heavy atom. The smallest absolute Gasteiger partial charge is 0.330 e. The van der Waals surface area contributed by atoms with Gasteiger partial charge in [0, 0.05) is 4.75 Å². The van der Waals surface area contributed by atoms with E-state index in [0.717, 1.165) is 5.56 Å². The monoisotopic (exact) mass is 405 g/mol. The molecule has 2 saturated heterocycles. The molecule has 1 aromatic rings. The SMILES string of the molecule is CC(C)(C)OC(=O)C[C@@H]1C(=O)N2[C@@H]1SC(C)(C)[C@@H]2C(=O)OCc1ccccc1. The maximum absolute atomic E-state index is 12.8. The number of rotatable bonds is 5. The first-order chi connectivity index (χ1) is 13.0. The van der Waals surface area contributed by atoms with Crippen LogP contribution in [0.5, 0.6) is 0 Å². The topological polar surface area (TPSA) is 72.9 Å². The Balaban J connectivity index is 1.64. The number of ether oxygens (including phenoxy) is 2. The molecular formula is C21H27NO5S. The van der Waals surface area contributed by atoms with Gasteiger partial charge in [-0.05, 0) is 40.2 Å². The van der Waals surface area contributed by atoms with Gasteiger partial charge in [0.1, 0.15) is 18.2 Å². The highest BCUT2D eigenvalue weighted by Gasteiger charge is 2.64. The van der Waals surface area contributed by atoms with Crippen LogP contribution in [0, 0.1) is 5.92 Å². The second-order valence-electron chi connectivity index (χ2n) is 8.75. The third-order valence-electron chi connectivity index (χ3n) is 4.80. The van der Waals surface area contributed by atoms with Gasteiger partial charge in [-0.2, -0.15) is 0 Å². The number of fused-ring (bicyclic) bond motifs is 1. The first-order valence-electron chi connectivity index (χ1n) is 9.42. The molecule has 2 fully saturated rings. The van der Waals surface area contributed by atoms with Crippen LogP contribution in [0.4, 0.5) is 0 Å². The zero-order valence-corrected chi connectivity index (χ0v) is 17.7. The number of esters is 2. The van der Waals surface area contributed by atoms with Crippen molar-refractivity contribution in [2.45, 2.75) is 69.4 Å². The van der Waals surface area contributed by atoms with Crippen molar-refractivity contribution in [1.29, 1.82) is 0 Å². The molecule has 0 aliphatic carbocycles. The van der Waals surface area contributed by atoms with Crippen LogP contribution in [0.1, 0.15) is 46.6 Å². The van der Waals surface area contributed by atoms with E-state index in [0.29, 0.717) is 0 Å². The van der Waals surface area contributed by atoms with Gasteiger partial charge in [-0.1, -0.05) is 30.3 Å². The van der Waals surface area contributed by atoms with Crippen molar-refractivity contribution in [3.8, 4) is 0 Å². The molecule has 0 N–H and O–H groups in total. The third-order valence-corrected chi connectivity index (χ3v) is 6.43. The van der Waals surface area contributed by atoms with Gasteiger partial charge in [-0.25, -0.2) is 4.79 Å². The van der Waals surface area contributed by atoms with Gasteiger partial charge in [-0.3, -0.25) is 9.59 Å². The molecule has 3 rings (SSSR count). The van der Waals surface area contributed by atoms with E-state index in [4.69, 9.17) is 9.47 Å². The molecule has 0 saturated carbocycles. The quantitative estimate of drug-likeness (QED) is 0.554. The fraction of sp³-hybridized carbons (Fsp3) is 0.571. The van der Waals surface area contributed by atoms with Crippen LogP contribution in [0.15, 0.2) is 30.3 Å². The lowest BCUT2D eigenvalue weighted by Crippen LogP contribution is -2.63. The molecular weight excluding hydrogens is 378 g/mol. The maximum atomic E-state index is 12.8. The Morgan fingerprint density at radius 1 is 1.18 bits per heavy atom. The molecule has 1 aromatic carbocycles. The maximum Gasteiger partial charge on any atom is 0.330 e. The van der Waals surface area contributed by atoms with Crippen molar-refractivity contribution in [3.63, 3.8) is 0 Å². The molecule has 3 atom stereocenters. The van der Waals surface area contributed by atoms with Gasteiger partial charge in [-0.15, -0.1) is 11.8 Å². The molecule has 152 valence electrons. The van der Waals surface area contributed by atoms with Gasteiger partial charge in [0.15, 0.2) is 0 Å². The highest BCUT2D eigenvalue weighted by Crippen LogP contribution is 2.54. The summed E-state index contributed by atoms with van der Waals surface area (Å²) in [6, 6.07) is 8.78. The molecule has 0 spiro atoms. The van der Waals surface area contributed by atoms with Crippen LogP contribution in [0.3, 0.4) is 0 Å². The predicted molar refractivity (Wildman–Crippen MR) is 106 cm³/mol. The summed E-state index contributed by atoms with van der Waals surface area (Å²) < 4.78 is 10.3. The number of hydrogen-bond donors (Lipinski definition) is 0. The Bertz CT molecular complexity index is 771. The highest BCUT2D eigenvalue weighted by atomic mass is 32.2. The molecule has 1 amide bonds. The van der Waals surface area contributed by atoms with Crippen molar-refractivity contribution in [2.24, 2.45) is 5.92 Å². The molecule has 2 heterocycles. The van der Waals surface area contributed by atoms with E-state index in [-0.39, 0.29) is 30.3 Å². The van der Waals surface area contributed by atoms with Crippen molar-refractivity contribution in [3.05, 3.63) is 35.9 Å². The average molecular weight is 406 g/mol. The predicted octanol–water partition coefficient (Wildman–Crippen LogP) is 3.14. The third kappa shape index (κ3) is 4.19. The molecule has 28 heavy (non-hydrogen) atoms. The fourth-order valence-corrected chi connectivity index (χ4v) is 5.31. The minimum atomic E-state index is -0.659. The van der Waals surface area contributed by atoms with E-state index in [9.17, 15) is 14.4 Å². The van der Waals surface area contributed by atoms with Gasteiger partial charge in [0.05, 0.1) is 17.7 Å². The summed E-state index contributed by atoms with van der Waals surface area (Å²) in [7, 11) is 0. The molecule has 2 aliphatic heterocycles. The Hall–Kier alpha value is -2.02. The number of nitrogens with zero attached hydrogens (tertiary/aromatic N) is 1. The van der Waals surface area contributed by atoms with Gasteiger partial charge < -0.3 is 14.4 Å².